The molecule has 2 heterocycles. The van der Waals surface area contributed by atoms with E-state index in [2.05, 4.69) is 33.1 Å². The number of nitrogens with zero attached hydrogens (tertiary/aromatic N) is 2. The molecule has 168 valence electrons. The Hall–Kier alpha value is -4.28. The zero-order chi connectivity index (χ0) is 24.1. The van der Waals surface area contributed by atoms with E-state index in [-0.39, 0.29) is 5.69 Å². The monoisotopic (exact) mass is 467 g/mol. The zero-order valence-electron chi connectivity index (χ0n) is 18.6. The minimum Gasteiger partial charge on any atom is -0.496 e. The normalized spacial score (nSPS) is 10.3. The van der Waals surface area contributed by atoms with Crippen LogP contribution in [-0.2, 0) is 0 Å². The summed E-state index contributed by atoms with van der Waals surface area (Å²) in [5.41, 5.74) is 4.43. The molecular weight excluding hydrogens is 446 g/mol. The van der Waals surface area contributed by atoms with Gasteiger partial charge in [0.1, 0.15) is 11.4 Å². The minimum absolute atomic E-state index is 0.0395. The highest BCUT2D eigenvalue weighted by Crippen LogP contribution is 2.33. The van der Waals surface area contributed by atoms with Gasteiger partial charge in [-0.15, -0.1) is 0 Å². The van der Waals surface area contributed by atoms with Crippen molar-refractivity contribution >= 4 is 40.1 Å². The van der Waals surface area contributed by atoms with Crippen LogP contribution in [-0.4, -0.2) is 28.2 Å². The number of nitrogens with one attached hydrogen (secondary N) is 1. The Morgan fingerprint density at radius 3 is 2.65 bits per heavy atom. The van der Waals surface area contributed by atoms with Crippen molar-refractivity contribution in [3.05, 3.63) is 96.0 Å². The molecule has 0 aliphatic heterocycles. The van der Waals surface area contributed by atoms with E-state index in [9.17, 15) is 9.90 Å². The lowest BCUT2D eigenvalue weighted by molar-refractivity contribution is 0.0690. The van der Waals surface area contributed by atoms with Crippen LogP contribution in [0.2, 0.25) is 0 Å². The predicted molar refractivity (Wildman–Crippen MR) is 136 cm³/mol. The smallest absolute Gasteiger partial charge is 0.354 e. The lowest BCUT2D eigenvalue weighted by atomic mass is 10.0. The number of hydrogen-bond acceptors (Lipinski definition) is 6. The van der Waals surface area contributed by atoms with Crippen molar-refractivity contribution in [3.63, 3.8) is 0 Å². The van der Waals surface area contributed by atoms with Crippen molar-refractivity contribution in [2.24, 2.45) is 0 Å². The van der Waals surface area contributed by atoms with E-state index >= 15 is 0 Å². The largest absolute Gasteiger partial charge is 0.496 e. The fraction of sp³-hybridized carbons (Fsp3) is 0.0741. The third-order valence-corrected chi connectivity index (χ3v) is 5.90. The first-order valence-corrected chi connectivity index (χ1v) is 11.1. The minimum atomic E-state index is -1.09. The van der Waals surface area contributed by atoms with E-state index in [1.807, 2.05) is 55.5 Å². The average molecular weight is 468 g/mol. The van der Waals surface area contributed by atoms with Gasteiger partial charge in [-0.05, 0) is 72.5 Å². The number of benzene rings is 2. The molecule has 0 spiro atoms. The summed E-state index contributed by atoms with van der Waals surface area (Å²) in [7, 11) is 1.64. The van der Waals surface area contributed by atoms with Gasteiger partial charge in [0.05, 0.1) is 28.8 Å². The van der Waals surface area contributed by atoms with Gasteiger partial charge < -0.3 is 14.6 Å². The third-order valence-electron chi connectivity index (χ3n) is 5.03. The summed E-state index contributed by atoms with van der Waals surface area (Å²) in [5, 5.41) is 10.2. The van der Waals surface area contributed by atoms with Crippen LogP contribution >= 0.6 is 11.9 Å². The van der Waals surface area contributed by atoms with E-state index in [1.54, 1.807) is 13.3 Å². The van der Waals surface area contributed by atoms with Crippen LogP contribution in [0, 0.1) is 11.8 Å². The number of methoxy groups -OCH3 is 1. The Bertz CT molecular complexity index is 1470. The number of ether oxygens (including phenoxy) is 1. The quantitative estimate of drug-likeness (QED) is 0.270. The Morgan fingerprint density at radius 1 is 1.09 bits per heavy atom. The Labute approximate surface area is 201 Å². The molecule has 0 bridgehead atoms. The number of carbonyl (C=O) groups is 1. The number of anilines is 1. The Morgan fingerprint density at radius 2 is 1.88 bits per heavy atom. The SMILES string of the molecule is C=C(C)c1cc(C(=O)O)ncc1C#Cc1ccccc1NSc1ccc(OC)c2cccnc12. The summed E-state index contributed by atoms with van der Waals surface area (Å²) < 4.78 is 8.83. The number of aromatic carboxylic acids is 1. The Kier molecular flexibility index (Phi) is 6.81. The second-order valence-corrected chi connectivity index (χ2v) is 8.21. The molecule has 2 N–H and O–H groups in total. The van der Waals surface area contributed by atoms with E-state index < -0.39 is 5.97 Å². The number of carboxylic acids is 1. The summed E-state index contributed by atoms with van der Waals surface area (Å²) in [6.45, 7) is 5.75. The third kappa shape index (κ3) is 4.87. The highest BCUT2D eigenvalue weighted by molar-refractivity contribution is 8.00. The molecule has 0 saturated heterocycles. The summed E-state index contributed by atoms with van der Waals surface area (Å²) in [6, 6.07) is 17.0. The van der Waals surface area contributed by atoms with Gasteiger partial charge in [0, 0.05) is 23.3 Å². The van der Waals surface area contributed by atoms with E-state index in [1.165, 1.54) is 24.2 Å². The molecule has 0 aliphatic carbocycles. The van der Waals surface area contributed by atoms with Gasteiger partial charge in [-0.2, -0.15) is 0 Å². The molecule has 0 fully saturated rings. The lowest BCUT2D eigenvalue weighted by Gasteiger charge is -2.11. The van der Waals surface area contributed by atoms with Gasteiger partial charge in [-0.1, -0.05) is 30.6 Å². The van der Waals surface area contributed by atoms with Crippen molar-refractivity contribution in [1.29, 1.82) is 0 Å². The predicted octanol–water partition coefficient (Wildman–Crippen LogP) is 5.89. The molecule has 0 aliphatic rings. The second kappa shape index (κ2) is 10.1. The van der Waals surface area contributed by atoms with Crippen molar-refractivity contribution in [2.75, 3.05) is 11.8 Å². The summed E-state index contributed by atoms with van der Waals surface area (Å²) in [4.78, 5) is 20.7. The van der Waals surface area contributed by atoms with Gasteiger partial charge in [0.15, 0.2) is 0 Å². The molecule has 6 nitrogen and oxygen atoms in total. The number of para-hydroxylation sites is 1. The van der Waals surface area contributed by atoms with Crippen LogP contribution in [0.3, 0.4) is 0 Å². The number of fused-ring (bicyclic) bond motifs is 1. The molecule has 2 aromatic carbocycles. The molecule has 7 heteroatoms. The molecule has 0 amide bonds. The fourth-order valence-electron chi connectivity index (χ4n) is 3.33. The first-order valence-electron chi connectivity index (χ1n) is 10.3. The van der Waals surface area contributed by atoms with Gasteiger partial charge >= 0.3 is 5.97 Å². The van der Waals surface area contributed by atoms with Gasteiger partial charge in [0.25, 0.3) is 0 Å². The summed E-state index contributed by atoms with van der Waals surface area (Å²) in [5.74, 6) is 5.98. The molecule has 0 atom stereocenters. The molecule has 4 aromatic rings. The van der Waals surface area contributed by atoms with E-state index in [4.69, 9.17) is 4.74 Å². The lowest BCUT2D eigenvalue weighted by Crippen LogP contribution is -2.02. The zero-order valence-corrected chi connectivity index (χ0v) is 19.4. The molecular formula is C27H21N3O3S. The number of aromatic nitrogens is 2. The Balaban J connectivity index is 1.63. The number of hydrogen-bond donors (Lipinski definition) is 2. The molecule has 0 unspecified atom stereocenters. The van der Waals surface area contributed by atoms with Gasteiger partial charge in [-0.25, -0.2) is 9.78 Å². The summed E-state index contributed by atoms with van der Waals surface area (Å²) in [6.07, 6.45) is 3.23. The average Bonchev–Trinajstić information content (AvgIpc) is 2.86. The van der Waals surface area contributed by atoms with Crippen LogP contribution in [0.25, 0.3) is 16.5 Å². The molecule has 34 heavy (non-hydrogen) atoms. The fourth-order valence-corrected chi connectivity index (χ4v) is 4.13. The molecule has 0 saturated carbocycles. The standard InChI is InChI=1S/C27H21N3O3S/c1-17(2)21-15-23(27(31)32)29-16-19(21)11-10-18-7-4-5-9-22(18)30-34-25-13-12-24(33-3)20-8-6-14-28-26(20)25/h4-9,12-16,30H,1H2,2-3H3,(H,31,32). The molecule has 4 rings (SSSR count). The van der Waals surface area contributed by atoms with Crippen molar-refractivity contribution in [1.82, 2.24) is 9.97 Å². The maximum Gasteiger partial charge on any atom is 0.354 e. The van der Waals surface area contributed by atoms with Crippen molar-refractivity contribution in [2.45, 2.75) is 11.8 Å². The summed E-state index contributed by atoms with van der Waals surface area (Å²) >= 11 is 1.44. The van der Waals surface area contributed by atoms with E-state index in [0.29, 0.717) is 11.1 Å². The van der Waals surface area contributed by atoms with Crippen LogP contribution in [0.4, 0.5) is 5.69 Å². The van der Waals surface area contributed by atoms with Crippen LogP contribution < -0.4 is 9.46 Å². The van der Waals surface area contributed by atoms with Crippen molar-refractivity contribution in [3.8, 4) is 17.6 Å². The number of carboxylic acid groups (broad SMARTS) is 1. The first-order chi connectivity index (χ1) is 16.5. The maximum absolute atomic E-state index is 11.3. The maximum atomic E-state index is 11.3. The van der Waals surface area contributed by atoms with Crippen LogP contribution in [0.15, 0.2) is 78.5 Å². The highest BCUT2D eigenvalue weighted by Gasteiger charge is 2.11. The number of rotatable bonds is 6. The first kappa shape index (κ1) is 22.9. The number of allylic oxidation sites excluding steroid dienone is 1. The molecule has 0 radical (unpaired) electrons. The van der Waals surface area contributed by atoms with E-state index in [0.717, 1.165) is 38.4 Å². The van der Waals surface area contributed by atoms with Crippen LogP contribution in [0.1, 0.15) is 34.1 Å². The molecule has 2 aromatic heterocycles. The number of pyridine rings is 2. The van der Waals surface area contributed by atoms with Gasteiger partial charge in [-0.3, -0.25) is 4.98 Å². The highest BCUT2D eigenvalue weighted by atomic mass is 32.2. The topological polar surface area (TPSA) is 84.3 Å². The second-order valence-electron chi connectivity index (χ2n) is 7.37. The van der Waals surface area contributed by atoms with Gasteiger partial charge in [0.2, 0.25) is 0 Å². The van der Waals surface area contributed by atoms with Crippen LogP contribution in [0.5, 0.6) is 5.75 Å². The van der Waals surface area contributed by atoms with Crippen molar-refractivity contribution < 1.29 is 14.6 Å².